The van der Waals surface area contributed by atoms with Crippen LogP contribution in [0.3, 0.4) is 0 Å². The van der Waals surface area contributed by atoms with Gasteiger partial charge in [0.25, 0.3) is 0 Å². The van der Waals surface area contributed by atoms with Gasteiger partial charge in [-0.25, -0.2) is 0 Å². The second-order valence-corrected chi connectivity index (χ2v) is 3.65. The summed E-state index contributed by atoms with van der Waals surface area (Å²) >= 11 is 0. The molecule has 0 bridgehead atoms. The van der Waals surface area contributed by atoms with Gasteiger partial charge in [0, 0.05) is 6.54 Å². The van der Waals surface area contributed by atoms with Gasteiger partial charge < -0.3 is 10.8 Å². The van der Waals surface area contributed by atoms with Crippen LogP contribution in [0.4, 0.5) is 0 Å². The highest BCUT2D eigenvalue weighted by molar-refractivity contribution is 5.34. The van der Waals surface area contributed by atoms with Gasteiger partial charge in [-0.1, -0.05) is 24.3 Å². The highest BCUT2D eigenvalue weighted by Gasteiger charge is 2.26. The first kappa shape index (κ1) is 8.73. The Morgan fingerprint density at radius 2 is 2.08 bits per heavy atom. The average Bonchev–Trinajstić information content (AvgIpc) is 3.00. The lowest BCUT2D eigenvalue weighted by Gasteiger charge is -2.12. The summed E-state index contributed by atoms with van der Waals surface area (Å²) in [6.45, 7) is 0.309. The van der Waals surface area contributed by atoms with Crippen LogP contribution >= 0.6 is 0 Å². The minimum absolute atomic E-state index is 0.309. The van der Waals surface area contributed by atoms with Crippen molar-refractivity contribution >= 4 is 0 Å². The van der Waals surface area contributed by atoms with Crippen LogP contribution in [0.2, 0.25) is 0 Å². The zero-order valence-corrected chi connectivity index (χ0v) is 7.61. The van der Waals surface area contributed by atoms with E-state index in [0.717, 1.165) is 5.56 Å². The molecule has 13 heavy (non-hydrogen) atoms. The van der Waals surface area contributed by atoms with Crippen molar-refractivity contribution in [2.75, 3.05) is 6.54 Å². The minimum Gasteiger partial charge on any atom is -0.387 e. The molecule has 1 aliphatic rings. The summed E-state index contributed by atoms with van der Waals surface area (Å²) in [5, 5.41) is 9.66. The van der Waals surface area contributed by atoms with Gasteiger partial charge in [0.2, 0.25) is 0 Å². The molecule has 0 saturated heterocycles. The van der Waals surface area contributed by atoms with Crippen LogP contribution in [-0.2, 0) is 0 Å². The molecule has 3 N–H and O–H groups in total. The van der Waals surface area contributed by atoms with Gasteiger partial charge in [0.1, 0.15) is 0 Å². The van der Waals surface area contributed by atoms with Gasteiger partial charge in [0.15, 0.2) is 0 Å². The number of hydrogen-bond donors (Lipinski definition) is 2. The predicted molar refractivity (Wildman–Crippen MR) is 52.4 cm³/mol. The van der Waals surface area contributed by atoms with Crippen LogP contribution in [0, 0.1) is 0 Å². The molecule has 2 nitrogen and oxygen atoms in total. The van der Waals surface area contributed by atoms with E-state index in [4.69, 9.17) is 5.73 Å². The predicted octanol–water partition coefficient (Wildman–Crippen LogP) is 1.56. The number of aliphatic hydroxyl groups excluding tert-OH is 1. The van der Waals surface area contributed by atoms with Crippen LogP contribution in [0.1, 0.15) is 36.0 Å². The molecule has 1 aromatic carbocycles. The molecule has 1 aromatic rings. The van der Waals surface area contributed by atoms with Crippen molar-refractivity contribution in [3.63, 3.8) is 0 Å². The fraction of sp³-hybridized carbons (Fsp3) is 0.455. The highest BCUT2D eigenvalue weighted by atomic mass is 16.3. The summed E-state index contributed by atoms with van der Waals surface area (Å²) in [6, 6.07) is 8.07. The summed E-state index contributed by atoms with van der Waals surface area (Å²) in [5.74, 6) is 0.678. The molecular weight excluding hydrogens is 162 g/mol. The molecule has 2 rings (SSSR count). The van der Waals surface area contributed by atoms with Crippen LogP contribution in [0.15, 0.2) is 24.3 Å². The van der Waals surface area contributed by atoms with Crippen molar-refractivity contribution in [1.29, 1.82) is 0 Å². The number of aliphatic hydroxyl groups is 1. The Labute approximate surface area is 78.4 Å². The summed E-state index contributed by atoms with van der Waals surface area (Å²) < 4.78 is 0. The van der Waals surface area contributed by atoms with Crippen molar-refractivity contribution in [3.8, 4) is 0 Å². The summed E-state index contributed by atoms with van der Waals surface area (Å²) in [6.07, 6.45) is 2.03. The standard InChI is InChI=1S/C11H15NO/c12-7-11(13)10-4-2-1-3-9(10)8-5-6-8/h1-4,8,11,13H,5-7,12H2. The van der Waals surface area contributed by atoms with E-state index in [9.17, 15) is 5.11 Å². The second-order valence-electron chi connectivity index (χ2n) is 3.65. The molecule has 0 aromatic heterocycles. The Morgan fingerprint density at radius 3 is 2.69 bits per heavy atom. The van der Waals surface area contributed by atoms with E-state index in [1.807, 2.05) is 18.2 Å². The molecule has 1 atom stereocenters. The molecule has 0 spiro atoms. The molecule has 0 amide bonds. The maximum absolute atomic E-state index is 9.66. The molecule has 0 radical (unpaired) electrons. The number of nitrogens with two attached hydrogens (primary N) is 1. The van der Waals surface area contributed by atoms with E-state index in [1.165, 1.54) is 18.4 Å². The van der Waals surface area contributed by atoms with Crippen LogP contribution in [-0.4, -0.2) is 11.7 Å². The van der Waals surface area contributed by atoms with Crippen molar-refractivity contribution < 1.29 is 5.11 Å². The molecule has 1 unspecified atom stereocenters. The average molecular weight is 177 g/mol. The van der Waals surface area contributed by atoms with E-state index < -0.39 is 6.10 Å². The summed E-state index contributed by atoms with van der Waals surface area (Å²) in [5.41, 5.74) is 7.76. The first-order chi connectivity index (χ1) is 6.33. The van der Waals surface area contributed by atoms with Gasteiger partial charge in [-0.3, -0.25) is 0 Å². The van der Waals surface area contributed by atoms with Gasteiger partial charge in [-0.05, 0) is 29.9 Å². The first-order valence-corrected chi connectivity index (χ1v) is 4.80. The third-order valence-electron chi connectivity index (χ3n) is 2.60. The largest absolute Gasteiger partial charge is 0.387 e. The van der Waals surface area contributed by atoms with Crippen LogP contribution in [0.25, 0.3) is 0 Å². The monoisotopic (exact) mass is 177 g/mol. The minimum atomic E-state index is -0.489. The fourth-order valence-electron chi connectivity index (χ4n) is 1.71. The molecule has 70 valence electrons. The lowest BCUT2D eigenvalue weighted by molar-refractivity contribution is 0.185. The third-order valence-corrected chi connectivity index (χ3v) is 2.60. The smallest absolute Gasteiger partial charge is 0.0914 e. The Bertz CT molecular complexity index is 294. The molecule has 2 heteroatoms. The number of benzene rings is 1. The molecule has 1 saturated carbocycles. The maximum Gasteiger partial charge on any atom is 0.0914 e. The van der Waals surface area contributed by atoms with E-state index in [0.29, 0.717) is 12.5 Å². The quantitative estimate of drug-likeness (QED) is 0.736. The van der Waals surface area contributed by atoms with E-state index in [1.54, 1.807) is 0 Å². The normalized spacial score (nSPS) is 18.6. The maximum atomic E-state index is 9.66. The van der Waals surface area contributed by atoms with Crippen molar-refractivity contribution in [2.24, 2.45) is 5.73 Å². The zero-order valence-electron chi connectivity index (χ0n) is 7.61. The Morgan fingerprint density at radius 1 is 1.38 bits per heavy atom. The topological polar surface area (TPSA) is 46.2 Å². The lowest BCUT2D eigenvalue weighted by atomic mass is 9.99. The Hall–Kier alpha value is -0.860. The number of rotatable bonds is 3. The van der Waals surface area contributed by atoms with Crippen LogP contribution in [0.5, 0.6) is 0 Å². The fourth-order valence-corrected chi connectivity index (χ4v) is 1.71. The van der Waals surface area contributed by atoms with E-state index in [2.05, 4.69) is 6.07 Å². The summed E-state index contributed by atoms with van der Waals surface area (Å²) in [4.78, 5) is 0. The summed E-state index contributed by atoms with van der Waals surface area (Å²) in [7, 11) is 0. The highest BCUT2D eigenvalue weighted by Crippen LogP contribution is 2.42. The Balaban J connectivity index is 2.31. The number of hydrogen-bond acceptors (Lipinski definition) is 2. The van der Waals surface area contributed by atoms with Gasteiger partial charge in [0.05, 0.1) is 6.10 Å². The molecular formula is C11H15NO. The van der Waals surface area contributed by atoms with Crippen molar-refractivity contribution in [1.82, 2.24) is 0 Å². The molecule has 0 aliphatic heterocycles. The third kappa shape index (κ3) is 1.74. The zero-order chi connectivity index (χ0) is 9.26. The van der Waals surface area contributed by atoms with Crippen molar-refractivity contribution in [2.45, 2.75) is 24.9 Å². The molecule has 0 heterocycles. The molecule has 1 fully saturated rings. The van der Waals surface area contributed by atoms with Gasteiger partial charge >= 0.3 is 0 Å². The van der Waals surface area contributed by atoms with Crippen molar-refractivity contribution in [3.05, 3.63) is 35.4 Å². The lowest BCUT2D eigenvalue weighted by Crippen LogP contribution is -2.13. The van der Waals surface area contributed by atoms with Gasteiger partial charge in [-0.15, -0.1) is 0 Å². The Kier molecular flexibility index (Phi) is 2.34. The van der Waals surface area contributed by atoms with Gasteiger partial charge in [-0.2, -0.15) is 0 Å². The van der Waals surface area contributed by atoms with E-state index >= 15 is 0 Å². The second kappa shape index (κ2) is 3.48. The van der Waals surface area contributed by atoms with E-state index in [-0.39, 0.29) is 0 Å². The first-order valence-electron chi connectivity index (χ1n) is 4.80. The molecule has 1 aliphatic carbocycles. The SMILES string of the molecule is NCC(O)c1ccccc1C1CC1. The van der Waals surface area contributed by atoms with Crippen LogP contribution < -0.4 is 5.73 Å².